The van der Waals surface area contributed by atoms with Gasteiger partial charge in [-0.3, -0.25) is 0 Å². The van der Waals surface area contributed by atoms with Gasteiger partial charge in [-0.2, -0.15) is 0 Å². The maximum absolute atomic E-state index is 5.64. The summed E-state index contributed by atoms with van der Waals surface area (Å²) in [5, 5.41) is 0. The fraction of sp³-hybridized carbons (Fsp3) is 1.00. The highest BCUT2D eigenvalue weighted by molar-refractivity contribution is 5.98. The van der Waals surface area contributed by atoms with Gasteiger partial charge in [0, 0.05) is 6.10 Å². The van der Waals surface area contributed by atoms with E-state index in [1.54, 1.807) is 0 Å². The van der Waals surface area contributed by atoms with Gasteiger partial charge in [-0.05, 0) is 18.8 Å². The first-order valence-corrected chi connectivity index (χ1v) is 12.9. The standard InChI is InChI=1S/C24H52OSi/c1-5-6-7-8-9-10-11-12-13-14-15-16-17-18-19-20-21-22-24(3,4)23(2)25-26/h23H,5-22H2,1-4,26H3. The van der Waals surface area contributed by atoms with Crippen molar-refractivity contribution in [2.45, 2.75) is 149 Å². The molecular weight excluding hydrogens is 332 g/mol. The fourth-order valence-corrected chi connectivity index (χ4v) is 4.47. The Morgan fingerprint density at radius 1 is 0.615 bits per heavy atom. The Bertz CT molecular complexity index is 277. The first kappa shape index (κ1) is 26.2. The molecule has 0 bridgehead atoms. The minimum absolute atomic E-state index is 0.358. The van der Waals surface area contributed by atoms with Crippen LogP contribution in [0.15, 0.2) is 0 Å². The summed E-state index contributed by atoms with van der Waals surface area (Å²) in [6.45, 7) is 9.26. The van der Waals surface area contributed by atoms with Gasteiger partial charge < -0.3 is 4.43 Å². The van der Waals surface area contributed by atoms with E-state index < -0.39 is 0 Å². The summed E-state index contributed by atoms with van der Waals surface area (Å²) in [5.74, 6) is 0. The van der Waals surface area contributed by atoms with E-state index in [0.717, 1.165) is 10.5 Å². The molecule has 0 aromatic heterocycles. The maximum Gasteiger partial charge on any atom is 0.146 e. The number of rotatable bonds is 20. The lowest BCUT2D eigenvalue weighted by atomic mass is 9.82. The Labute approximate surface area is 170 Å². The zero-order valence-corrected chi connectivity index (χ0v) is 21.2. The van der Waals surface area contributed by atoms with Crippen molar-refractivity contribution < 1.29 is 4.43 Å². The van der Waals surface area contributed by atoms with E-state index in [1.807, 2.05) is 0 Å². The van der Waals surface area contributed by atoms with Gasteiger partial charge in [0.1, 0.15) is 10.5 Å². The molecule has 0 saturated heterocycles. The Kier molecular flexibility index (Phi) is 18.7. The molecule has 0 radical (unpaired) electrons. The molecule has 2 heteroatoms. The van der Waals surface area contributed by atoms with Crippen molar-refractivity contribution in [3.05, 3.63) is 0 Å². The molecule has 0 saturated carbocycles. The number of unbranched alkanes of at least 4 members (excludes halogenated alkanes) is 16. The van der Waals surface area contributed by atoms with Crippen molar-refractivity contribution in [1.29, 1.82) is 0 Å². The summed E-state index contributed by atoms with van der Waals surface area (Å²) in [6.07, 6.45) is 26.4. The Morgan fingerprint density at radius 2 is 0.923 bits per heavy atom. The number of hydrogen-bond donors (Lipinski definition) is 0. The summed E-state index contributed by atoms with van der Waals surface area (Å²) < 4.78 is 5.64. The third kappa shape index (κ3) is 16.4. The molecule has 0 amide bonds. The third-order valence-electron chi connectivity index (χ3n) is 6.38. The Morgan fingerprint density at radius 3 is 1.23 bits per heavy atom. The van der Waals surface area contributed by atoms with Crippen LogP contribution in [0.3, 0.4) is 0 Å². The average Bonchev–Trinajstić information content (AvgIpc) is 2.63. The zero-order valence-electron chi connectivity index (χ0n) is 19.2. The fourth-order valence-electron chi connectivity index (χ4n) is 3.83. The van der Waals surface area contributed by atoms with Gasteiger partial charge in [-0.1, -0.05) is 130 Å². The molecule has 26 heavy (non-hydrogen) atoms. The summed E-state index contributed by atoms with van der Waals surface area (Å²) in [5.41, 5.74) is 0.358. The van der Waals surface area contributed by atoms with Gasteiger partial charge >= 0.3 is 0 Å². The van der Waals surface area contributed by atoms with Crippen LogP contribution in [0.2, 0.25) is 0 Å². The minimum Gasteiger partial charge on any atom is -0.425 e. The molecule has 0 spiro atoms. The maximum atomic E-state index is 5.64. The van der Waals surface area contributed by atoms with Gasteiger partial charge in [0.05, 0.1) is 0 Å². The molecule has 0 aromatic carbocycles. The summed E-state index contributed by atoms with van der Waals surface area (Å²) in [6, 6.07) is 0. The highest BCUT2D eigenvalue weighted by Gasteiger charge is 2.24. The van der Waals surface area contributed by atoms with Gasteiger partial charge in [0.2, 0.25) is 0 Å². The van der Waals surface area contributed by atoms with Crippen molar-refractivity contribution in [1.82, 2.24) is 0 Å². The highest BCUT2D eigenvalue weighted by atomic mass is 28.2. The van der Waals surface area contributed by atoms with E-state index in [0.29, 0.717) is 11.5 Å². The van der Waals surface area contributed by atoms with E-state index in [9.17, 15) is 0 Å². The molecule has 0 aromatic rings. The second kappa shape index (κ2) is 18.5. The molecule has 0 aliphatic rings. The van der Waals surface area contributed by atoms with Crippen molar-refractivity contribution in [2.75, 3.05) is 0 Å². The Balaban J connectivity index is 3.18. The molecule has 1 nitrogen and oxygen atoms in total. The molecule has 0 aliphatic carbocycles. The molecule has 0 rings (SSSR count). The normalized spacial score (nSPS) is 13.4. The quantitative estimate of drug-likeness (QED) is 0.154. The van der Waals surface area contributed by atoms with Crippen LogP contribution in [0.5, 0.6) is 0 Å². The summed E-state index contributed by atoms with van der Waals surface area (Å²) >= 11 is 0. The lowest BCUT2D eigenvalue weighted by molar-refractivity contribution is 0.0882. The molecule has 158 valence electrons. The van der Waals surface area contributed by atoms with E-state index in [4.69, 9.17) is 4.43 Å². The van der Waals surface area contributed by atoms with Crippen LogP contribution in [0.4, 0.5) is 0 Å². The van der Waals surface area contributed by atoms with Gasteiger partial charge in [-0.15, -0.1) is 0 Å². The smallest absolute Gasteiger partial charge is 0.146 e. The molecule has 0 heterocycles. The topological polar surface area (TPSA) is 9.23 Å². The van der Waals surface area contributed by atoms with Crippen LogP contribution >= 0.6 is 0 Å². The number of hydrogen-bond acceptors (Lipinski definition) is 1. The molecule has 1 unspecified atom stereocenters. The van der Waals surface area contributed by atoms with Crippen molar-refractivity contribution in [3.8, 4) is 0 Å². The lowest BCUT2D eigenvalue weighted by Gasteiger charge is -2.31. The molecule has 0 N–H and O–H groups in total. The monoisotopic (exact) mass is 384 g/mol. The SMILES string of the molecule is CCCCCCCCCCCCCCCCCCCC(C)(C)C(C)O[SiH3]. The average molecular weight is 385 g/mol. The van der Waals surface area contributed by atoms with E-state index >= 15 is 0 Å². The van der Waals surface area contributed by atoms with Gasteiger partial charge in [-0.25, -0.2) is 0 Å². The van der Waals surface area contributed by atoms with Crippen LogP contribution in [-0.2, 0) is 4.43 Å². The van der Waals surface area contributed by atoms with Crippen LogP contribution < -0.4 is 0 Å². The predicted molar refractivity (Wildman–Crippen MR) is 123 cm³/mol. The lowest BCUT2D eigenvalue weighted by Crippen LogP contribution is -2.28. The van der Waals surface area contributed by atoms with Crippen LogP contribution in [-0.4, -0.2) is 16.6 Å². The molecule has 0 fully saturated rings. The second-order valence-corrected chi connectivity index (χ2v) is 9.74. The first-order valence-electron chi connectivity index (χ1n) is 12.1. The minimum atomic E-state index is 0.358. The molecule has 0 aliphatic heterocycles. The van der Waals surface area contributed by atoms with Crippen molar-refractivity contribution >= 4 is 10.5 Å². The van der Waals surface area contributed by atoms with Crippen LogP contribution in [0.25, 0.3) is 0 Å². The zero-order chi connectivity index (χ0) is 19.5. The second-order valence-electron chi connectivity index (χ2n) is 9.27. The van der Waals surface area contributed by atoms with Crippen LogP contribution in [0, 0.1) is 5.41 Å². The Hall–Kier alpha value is 0.177. The molecule has 1 atom stereocenters. The highest BCUT2D eigenvalue weighted by Crippen LogP contribution is 2.29. The summed E-state index contributed by atoms with van der Waals surface area (Å²) in [4.78, 5) is 0. The van der Waals surface area contributed by atoms with E-state index in [1.165, 1.54) is 116 Å². The van der Waals surface area contributed by atoms with Crippen LogP contribution in [0.1, 0.15) is 143 Å². The predicted octanol–water partition coefficient (Wildman–Crippen LogP) is 7.74. The van der Waals surface area contributed by atoms with Gasteiger partial charge in [0.25, 0.3) is 0 Å². The largest absolute Gasteiger partial charge is 0.425 e. The van der Waals surface area contributed by atoms with E-state index in [2.05, 4.69) is 27.7 Å². The third-order valence-corrected chi connectivity index (χ3v) is 7.09. The van der Waals surface area contributed by atoms with E-state index in [-0.39, 0.29) is 0 Å². The van der Waals surface area contributed by atoms with Gasteiger partial charge in [0.15, 0.2) is 0 Å². The van der Waals surface area contributed by atoms with Crippen molar-refractivity contribution in [2.24, 2.45) is 5.41 Å². The first-order chi connectivity index (χ1) is 12.5. The molecular formula is C24H52OSi. The summed E-state index contributed by atoms with van der Waals surface area (Å²) in [7, 11) is 0.865. The van der Waals surface area contributed by atoms with Crippen molar-refractivity contribution in [3.63, 3.8) is 0 Å².